The molecule has 1 spiro atoms. The van der Waals surface area contributed by atoms with Gasteiger partial charge in [-0.25, -0.2) is 0 Å². The van der Waals surface area contributed by atoms with Gasteiger partial charge in [0.15, 0.2) is 0 Å². The van der Waals surface area contributed by atoms with Gasteiger partial charge < -0.3 is 25.0 Å². The van der Waals surface area contributed by atoms with Gasteiger partial charge in [0.2, 0.25) is 17.7 Å². The van der Waals surface area contributed by atoms with Gasteiger partial charge >= 0.3 is 0 Å². The molecule has 5 atom stereocenters. The van der Waals surface area contributed by atoms with Crippen LogP contribution >= 0.6 is 23.2 Å². The van der Waals surface area contributed by atoms with E-state index in [4.69, 9.17) is 32.7 Å². The molecule has 8 nitrogen and oxygen atoms in total. The number of halogens is 2. The summed E-state index contributed by atoms with van der Waals surface area (Å²) in [5.74, 6) is -2.40. The number of carbonyl (C=O) groups excluding carboxylic acids is 3. The third kappa shape index (κ3) is 5.01. The second-order valence-corrected chi connectivity index (χ2v) is 11.1. The van der Waals surface area contributed by atoms with Gasteiger partial charge in [-0.3, -0.25) is 14.4 Å². The second-order valence-electron chi connectivity index (χ2n) is 10.3. The number of amides is 3. The Balaban J connectivity index is 1.41. The van der Waals surface area contributed by atoms with Gasteiger partial charge in [-0.1, -0.05) is 54.6 Å². The Morgan fingerprint density at radius 2 is 1.86 bits per heavy atom. The van der Waals surface area contributed by atoms with E-state index < -0.39 is 29.6 Å². The maximum Gasteiger partial charge on any atom is 0.246 e. The van der Waals surface area contributed by atoms with Crippen LogP contribution in [0.25, 0.3) is 0 Å². The van der Waals surface area contributed by atoms with Crippen LogP contribution in [0.1, 0.15) is 45.4 Å². The molecule has 200 valence electrons. The maximum atomic E-state index is 13.9. The van der Waals surface area contributed by atoms with E-state index in [1.165, 1.54) is 6.42 Å². The summed E-state index contributed by atoms with van der Waals surface area (Å²) >= 11 is 12.2. The van der Waals surface area contributed by atoms with Crippen molar-refractivity contribution in [2.24, 2.45) is 11.8 Å². The summed E-state index contributed by atoms with van der Waals surface area (Å²) < 4.78 is 11.9. The number of carbonyl (C=O) groups is 3. The molecule has 2 bridgehead atoms. The lowest BCUT2D eigenvalue weighted by molar-refractivity contribution is -0.141. The number of fused-ring (bicyclic) bond motifs is 1. The van der Waals surface area contributed by atoms with Crippen molar-refractivity contribution in [2.75, 3.05) is 25.1 Å². The van der Waals surface area contributed by atoms with Gasteiger partial charge in [-0.05, 0) is 44.4 Å². The van der Waals surface area contributed by atoms with Crippen molar-refractivity contribution in [1.29, 1.82) is 0 Å². The molecular weight excluding hydrogens is 517 g/mol. The number of hydrogen-bond donors (Lipinski definition) is 2. The zero-order valence-electron chi connectivity index (χ0n) is 20.9. The Morgan fingerprint density at radius 1 is 1.14 bits per heavy atom. The summed E-state index contributed by atoms with van der Waals surface area (Å²) in [7, 11) is 0. The zero-order valence-corrected chi connectivity index (χ0v) is 22.4. The van der Waals surface area contributed by atoms with Gasteiger partial charge in [0.05, 0.1) is 17.9 Å². The van der Waals surface area contributed by atoms with Crippen LogP contribution in [0.4, 0.5) is 5.69 Å². The van der Waals surface area contributed by atoms with E-state index in [1.54, 1.807) is 23.1 Å². The Kier molecular flexibility index (Phi) is 7.82. The topological polar surface area (TPSA) is 97.0 Å². The van der Waals surface area contributed by atoms with Gasteiger partial charge in [-0.2, -0.15) is 0 Å². The van der Waals surface area contributed by atoms with Crippen molar-refractivity contribution in [2.45, 2.75) is 69.2 Å². The quantitative estimate of drug-likeness (QED) is 0.359. The predicted octanol–water partition coefficient (Wildman–Crippen LogP) is 3.96. The van der Waals surface area contributed by atoms with Crippen molar-refractivity contribution in [3.63, 3.8) is 0 Å². The van der Waals surface area contributed by atoms with Gasteiger partial charge in [0, 0.05) is 41.5 Å². The standard InChI is InChI=1S/C27H33Cl2N3O5/c1-2-36-12-6-11-32-23(25(34)30-18-7-4-3-5-8-18)27-10-9-20(37-27)21(22(27)26(32)35)24(33)31-19-14-16(28)13-17(29)15-19/h9-10,13-15,18,20-23H,2-8,11-12H2,1H3,(H,30,34)(H,31,33)/t20-,21+,22-,23+,27+/m1/s1. The Bertz CT molecular complexity index is 1070. The lowest BCUT2D eigenvalue weighted by atomic mass is 9.74. The van der Waals surface area contributed by atoms with Crippen LogP contribution in [0.3, 0.4) is 0 Å². The average Bonchev–Trinajstić information content (AvgIpc) is 3.49. The first-order chi connectivity index (χ1) is 17.8. The van der Waals surface area contributed by atoms with E-state index in [9.17, 15) is 14.4 Å². The summed E-state index contributed by atoms with van der Waals surface area (Å²) in [6, 6.07) is 4.02. The van der Waals surface area contributed by atoms with E-state index in [2.05, 4.69) is 10.6 Å². The molecule has 4 aliphatic rings. The fraction of sp³-hybridized carbons (Fsp3) is 0.593. The highest BCUT2D eigenvalue weighted by atomic mass is 35.5. The largest absolute Gasteiger partial charge is 0.382 e. The van der Waals surface area contributed by atoms with Crippen molar-refractivity contribution >= 4 is 46.6 Å². The van der Waals surface area contributed by atoms with Gasteiger partial charge in [0.1, 0.15) is 11.6 Å². The number of nitrogens with zero attached hydrogens (tertiary/aromatic N) is 1. The molecule has 0 aromatic heterocycles. The summed E-state index contributed by atoms with van der Waals surface area (Å²) in [6.45, 7) is 3.32. The molecule has 3 amide bonds. The van der Waals surface area contributed by atoms with E-state index in [0.29, 0.717) is 41.9 Å². The van der Waals surface area contributed by atoms with E-state index in [1.807, 2.05) is 19.1 Å². The third-order valence-corrected chi connectivity index (χ3v) is 8.33. The van der Waals surface area contributed by atoms with Gasteiger partial charge in [0.25, 0.3) is 0 Å². The van der Waals surface area contributed by atoms with E-state index >= 15 is 0 Å². The molecule has 1 saturated carbocycles. The minimum Gasteiger partial charge on any atom is -0.382 e. The Labute approximate surface area is 227 Å². The van der Waals surface area contributed by atoms with Crippen LogP contribution < -0.4 is 10.6 Å². The molecule has 3 fully saturated rings. The average molecular weight is 550 g/mol. The molecule has 3 aliphatic heterocycles. The molecule has 2 saturated heterocycles. The van der Waals surface area contributed by atoms with Crippen LogP contribution in [0.2, 0.25) is 10.0 Å². The lowest BCUT2D eigenvalue weighted by Gasteiger charge is -2.34. The summed E-state index contributed by atoms with van der Waals surface area (Å²) in [5, 5.41) is 6.82. The molecular formula is C27H33Cl2N3O5. The predicted molar refractivity (Wildman–Crippen MR) is 140 cm³/mol. The number of anilines is 1. The van der Waals surface area contributed by atoms with Crippen LogP contribution in [-0.4, -0.2) is 66.2 Å². The first-order valence-corrected chi connectivity index (χ1v) is 13.9. The number of benzene rings is 1. The minimum absolute atomic E-state index is 0.0892. The van der Waals surface area contributed by atoms with Crippen LogP contribution in [0.15, 0.2) is 30.4 Å². The molecule has 3 heterocycles. The molecule has 2 N–H and O–H groups in total. The summed E-state index contributed by atoms with van der Waals surface area (Å²) in [4.78, 5) is 42.7. The third-order valence-electron chi connectivity index (χ3n) is 7.90. The lowest BCUT2D eigenvalue weighted by Crippen LogP contribution is -2.56. The number of likely N-dealkylation sites (tertiary alicyclic amines) is 1. The maximum absolute atomic E-state index is 13.9. The summed E-state index contributed by atoms with van der Waals surface area (Å²) in [6.07, 6.45) is 8.81. The van der Waals surface area contributed by atoms with Crippen molar-refractivity contribution < 1.29 is 23.9 Å². The SMILES string of the molecule is CCOCCCN1C(=O)[C@H]2[C@@H](C(=O)Nc3cc(Cl)cc(Cl)c3)[C@H]3C=C[C@@]2(O3)[C@@H]1C(=O)NC1CCCCC1. The monoisotopic (exact) mass is 549 g/mol. The molecule has 0 radical (unpaired) electrons. The molecule has 1 aliphatic carbocycles. The fourth-order valence-electron chi connectivity index (χ4n) is 6.37. The van der Waals surface area contributed by atoms with Crippen LogP contribution in [-0.2, 0) is 23.9 Å². The van der Waals surface area contributed by atoms with Crippen molar-refractivity contribution in [1.82, 2.24) is 10.2 Å². The second kappa shape index (κ2) is 10.9. The first kappa shape index (κ1) is 26.5. The molecule has 37 heavy (non-hydrogen) atoms. The fourth-order valence-corrected chi connectivity index (χ4v) is 6.89. The molecule has 1 aromatic rings. The highest BCUT2D eigenvalue weighted by molar-refractivity contribution is 6.35. The van der Waals surface area contributed by atoms with E-state index in [-0.39, 0.29) is 23.8 Å². The minimum atomic E-state index is -1.18. The molecule has 1 aromatic carbocycles. The smallest absolute Gasteiger partial charge is 0.246 e. The van der Waals surface area contributed by atoms with Crippen molar-refractivity contribution in [3.05, 3.63) is 40.4 Å². The van der Waals surface area contributed by atoms with Crippen LogP contribution in [0, 0.1) is 11.8 Å². The van der Waals surface area contributed by atoms with Crippen molar-refractivity contribution in [3.8, 4) is 0 Å². The Hall–Kier alpha value is -2.13. The summed E-state index contributed by atoms with van der Waals surface area (Å²) in [5.41, 5.74) is -0.742. The van der Waals surface area contributed by atoms with E-state index in [0.717, 1.165) is 25.7 Å². The number of nitrogens with one attached hydrogen (secondary N) is 2. The number of hydrogen-bond acceptors (Lipinski definition) is 5. The first-order valence-electron chi connectivity index (χ1n) is 13.2. The molecule has 0 unspecified atom stereocenters. The highest BCUT2D eigenvalue weighted by Crippen LogP contribution is 2.55. The van der Waals surface area contributed by atoms with Crippen LogP contribution in [0.5, 0.6) is 0 Å². The highest BCUT2D eigenvalue weighted by Gasteiger charge is 2.72. The molecule has 10 heteroatoms. The Morgan fingerprint density at radius 3 is 2.57 bits per heavy atom. The molecule has 5 rings (SSSR count). The normalized spacial score (nSPS) is 30.6. The zero-order chi connectivity index (χ0) is 26.2. The number of ether oxygens (including phenoxy) is 2. The number of rotatable bonds is 9. The van der Waals surface area contributed by atoms with Gasteiger partial charge in [-0.15, -0.1) is 0 Å².